The normalized spacial score (nSPS) is 27.8. The molecule has 30 heteroatoms. The van der Waals surface area contributed by atoms with Crippen LogP contribution in [0.1, 0.15) is 44.2 Å². The summed E-state index contributed by atoms with van der Waals surface area (Å²) >= 11 is -0.00564. The van der Waals surface area contributed by atoms with Crippen LogP contribution in [0.3, 0.4) is 0 Å². The number of phenols is 1. The quantitative estimate of drug-likeness (QED) is 0.0275. The van der Waals surface area contributed by atoms with Gasteiger partial charge in [-0.1, -0.05) is 43.3 Å². The van der Waals surface area contributed by atoms with Crippen LogP contribution in [-0.4, -0.2) is 185 Å². The molecule has 8 amide bonds. The number of rotatable bonds is 14. The molecule has 0 aliphatic carbocycles. The number of aromatic hydroxyl groups is 1. The Balaban J connectivity index is 0.0000116. The second kappa shape index (κ2) is 27.8. The number of carbonyl (C=O) groups is 8. The van der Waals surface area contributed by atoms with Crippen LogP contribution >= 0.6 is 12.3 Å². The molecule has 3 aliphatic rings. The van der Waals surface area contributed by atoms with E-state index >= 15 is 0 Å². The van der Waals surface area contributed by atoms with E-state index in [1.807, 2.05) is 0 Å². The second-order valence-corrected chi connectivity index (χ2v) is 17.9. The summed E-state index contributed by atoms with van der Waals surface area (Å²) in [5.74, 6) is -10.3. The SMILES string of the molecule is CC(O)C1NC(=O)[C@@H](NC(=O)OCc2ccccc2)CC(O)CNC(=O)C2C(O)C(C)CN2C(=O)C(C(O)CC(N)=O)NC(=O)C(C(O)Cc2ccc(O)c(OSOO[O-])c2)NC(=O)C2CC(O)CN2C1=O.[Na+]. The van der Waals surface area contributed by atoms with Crippen molar-refractivity contribution in [1.29, 1.82) is 0 Å². The molecule has 0 bridgehead atoms. The standard InChI is InChI=1S/C43H58N8O20S.Na/c1-19-16-51-35(36(19)59)40(63)45-15-23(53)12-25(46-43(66)68-18-21-6-4-3-5-7-21)37(60)47-32(20(2)52)41(64)50-17-24(54)13-26(50)38(61)48-33(39(62)49-34(42(51)65)29(57)14-31(44)58)28(56)10-22-8-9-27(55)30(11-22)69-72-71-70-67;/h3-9,11,19-20,23-26,28-29,32-36,52-57,59,67H,10,12-18H2,1-2H3,(H2,44,58)(H,45,63)(H,46,66)(H,47,60)(H,48,61)(H,49,62);/q;+1/p-1/t19?,20?,23?,24?,25-,26?,28?,29?,32?,33?,34?,35?,36?;/m0./s1. The number of aliphatic hydroxyl groups excluding tert-OH is 6. The zero-order valence-electron chi connectivity index (χ0n) is 39.6. The summed E-state index contributed by atoms with van der Waals surface area (Å²) in [6.07, 6.45) is -14.7. The van der Waals surface area contributed by atoms with Crippen LogP contribution in [0.5, 0.6) is 11.5 Å². The van der Waals surface area contributed by atoms with Gasteiger partial charge < -0.3 is 92.0 Å². The van der Waals surface area contributed by atoms with Gasteiger partial charge in [-0.3, -0.25) is 38.6 Å². The van der Waals surface area contributed by atoms with E-state index in [2.05, 4.69) is 36.0 Å². The third-order valence-corrected chi connectivity index (χ3v) is 12.4. The number of benzene rings is 2. The maximum Gasteiger partial charge on any atom is 1.00 e. The van der Waals surface area contributed by atoms with E-state index in [0.717, 1.165) is 28.9 Å². The van der Waals surface area contributed by atoms with Crippen molar-refractivity contribution in [3.8, 4) is 11.5 Å². The number of nitrogens with two attached hydrogens (primary N) is 1. The Morgan fingerprint density at radius 2 is 1.49 bits per heavy atom. The summed E-state index contributed by atoms with van der Waals surface area (Å²) in [5.41, 5.74) is 5.98. The smallest absolute Gasteiger partial charge is 0.691 e. The Labute approximate surface area is 442 Å². The first kappa shape index (κ1) is 60.1. The average molecular weight is 1060 g/mol. The van der Waals surface area contributed by atoms with Crippen LogP contribution in [0.4, 0.5) is 4.79 Å². The third kappa shape index (κ3) is 16.3. The van der Waals surface area contributed by atoms with E-state index < -0.39 is 177 Å². The number of hydrogen-bond donors (Lipinski definition) is 13. The first-order valence-electron chi connectivity index (χ1n) is 22.3. The molecule has 0 saturated carbocycles. The average Bonchev–Trinajstić information content (AvgIpc) is 3.87. The van der Waals surface area contributed by atoms with Crippen LogP contribution in [0.2, 0.25) is 0 Å². The van der Waals surface area contributed by atoms with Gasteiger partial charge in [0.25, 0.3) is 12.3 Å². The summed E-state index contributed by atoms with van der Waals surface area (Å²) in [6.45, 7) is 0.587. The van der Waals surface area contributed by atoms with Gasteiger partial charge in [-0.15, -0.1) is 4.33 Å². The van der Waals surface area contributed by atoms with Crippen molar-refractivity contribution in [3.63, 3.8) is 0 Å². The molecule has 73 heavy (non-hydrogen) atoms. The molecule has 0 spiro atoms. The van der Waals surface area contributed by atoms with Gasteiger partial charge in [0.1, 0.15) is 42.9 Å². The number of nitrogens with zero attached hydrogens (tertiary/aromatic N) is 2. The van der Waals surface area contributed by atoms with Gasteiger partial charge in [-0.25, -0.2) is 4.79 Å². The number of carbonyl (C=O) groups excluding carboxylic acids is 8. The summed E-state index contributed by atoms with van der Waals surface area (Å²) < 4.78 is 14.3. The fourth-order valence-corrected chi connectivity index (χ4v) is 8.58. The largest absolute Gasteiger partial charge is 1.00 e. The zero-order valence-corrected chi connectivity index (χ0v) is 42.4. The van der Waals surface area contributed by atoms with Crippen LogP contribution in [0, 0.1) is 5.92 Å². The Morgan fingerprint density at radius 1 is 0.836 bits per heavy atom. The molecule has 3 saturated heterocycles. The van der Waals surface area contributed by atoms with E-state index in [-0.39, 0.29) is 59.8 Å². The minimum atomic E-state index is -2.21. The fourth-order valence-electron chi connectivity index (χ4n) is 8.32. The molecule has 2 aromatic carbocycles. The van der Waals surface area contributed by atoms with Gasteiger partial charge in [0, 0.05) is 44.8 Å². The number of β-amino-alcohol motifs (C(OH)–C–C–N with tert-alkyl or cyclic N) is 1. The van der Waals surface area contributed by atoms with Gasteiger partial charge in [0.15, 0.2) is 11.5 Å². The molecule has 3 aliphatic heterocycles. The number of alkyl carbamates (subject to hydrolysis) is 1. The molecular formula is C43H57N8NaO20S. The second-order valence-electron chi connectivity index (χ2n) is 17.5. The summed E-state index contributed by atoms with van der Waals surface area (Å²) in [5, 5.41) is 102. The van der Waals surface area contributed by atoms with Gasteiger partial charge >= 0.3 is 35.7 Å². The number of amides is 8. The van der Waals surface area contributed by atoms with Crippen molar-refractivity contribution in [2.24, 2.45) is 11.7 Å². The molecule has 0 aromatic heterocycles. The first-order chi connectivity index (χ1) is 34.1. The number of nitrogens with one attached hydrogen (secondary N) is 5. The Morgan fingerprint density at radius 3 is 2.15 bits per heavy atom. The number of primary amides is 1. The van der Waals surface area contributed by atoms with Crippen LogP contribution in [0.25, 0.3) is 0 Å². The third-order valence-electron chi connectivity index (χ3n) is 12.0. The molecule has 14 N–H and O–H groups in total. The summed E-state index contributed by atoms with van der Waals surface area (Å²) in [7, 11) is 0. The molecule has 5 rings (SSSR count). The minimum absolute atomic E-state index is 0. The number of fused-ring (bicyclic) bond motifs is 2. The topological polar surface area (TPSA) is 431 Å². The number of ether oxygens (including phenoxy) is 1. The van der Waals surface area contributed by atoms with Crippen LogP contribution < -0.4 is 71.3 Å². The summed E-state index contributed by atoms with van der Waals surface area (Å²) in [6, 6.07) is 0.184. The molecule has 3 heterocycles. The number of aliphatic hydroxyl groups is 6. The van der Waals surface area contributed by atoms with E-state index in [1.165, 1.54) is 13.0 Å². The van der Waals surface area contributed by atoms with Crippen molar-refractivity contribution < 1.29 is 127 Å². The van der Waals surface area contributed by atoms with Crippen LogP contribution in [-0.2, 0) is 60.7 Å². The van der Waals surface area contributed by atoms with Gasteiger partial charge in [-0.2, -0.15) is 0 Å². The van der Waals surface area contributed by atoms with Gasteiger partial charge in [0.2, 0.25) is 41.4 Å². The van der Waals surface area contributed by atoms with E-state index in [9.17, 15) is 79.4 Å². The van der Waals surface area contributed by atoms with E-state index in [0.29, 0.717) is 5.56 Å². The van der Waals surface area contributed by atoms with E-state index in [4.69, 9.17) is 14.7 Å². The van der Waals surface area contributed by atoms with Crippen molar-refractivity contribution in [1.82, 2.24) is 36.4 Å². The van der Waals surface area contributed by atoms with Crippen molar-refractivity contribution >= 4 is 59.8 Å². The maximum absolute atomic E-state index is 14.5. The van der Waals surface area contributed by atoms with Gasteiger partial charge in [-0.05, 0) is 30.2 Å². The minimum Gasteiger partial charge on any atom is -0.691 e. The molecule has 396 valence electrons. The van der Waals surface area contributed by atoms with Crippen LogP contribution in [0.15, 0.2) is 48.5 Å². The molecule has 12 unspecified atom stereocenters. The molecule has 2 aromatic rings. The Kier molecular flexibility index (Phi) is 22.9. The van der Waals surface area contributed by atoms with Gasteiger partial charge in [0.05, 0.1) is 43.0 Å². The number of hydrogen-bond acceptors (Lipinski definition) is 21. The Bertz CT molecular complexity index is 2270. The number of phenolic OH excluding ortho intramolecular Hbond substituents is 1. The maximum atomic E-state index is 14.5. The zero-order chi connectivity index (χ0) is 53.0. The fraction of sp³-hybridized carbons (Fsp3) is 0.535. The van der Waals surface area contributed by atoms with Crippen molar-refractivity contribution in [2.75, 3.05) is 19.6 Å². The predicted octanol–water partition coefficient (Wildman–Crippen LogP) is -9.12. The molecule has 0 radical (unpaired) electrons. The monoisotopic (exact) mass is 1060 g/mol. The molecule has 13 atom stereocenters. The molecule has 28 nitrogen and oxygen atoms in total. The molecular weight excluding hydrogens is 1000 g/mol. The van der Waals surface area contributed by atoms with Crippen molar-refractivity contribution in [2.45, 2.75) is 119 Å². The first-order valence-corrected chi connectivity index (χ1v) is 23.0. The van der Waals surface area contributed by atoms with Crippen molar-refractivity contribution in [3.05, 3.63) is 59.7 Å². The van der Waals surface area contributed by atoms with E-state index in [1.54, 1.807) is 30.3 Å². The Hall–Kier alpha value is -5.41. The summed E-state index contributed by atoms with van der Waals surface area (Å²) in [4.78, 5) is 112. The molecule has 3 fully saturated rings. The predicted molar refractivity (Wildman–Crippen MR) is 239 cm³/mol.